The average Bonchev–Trinajstić information content (AvgIpc) is 3.17. The number of hydrogen-bond donors (Lipinski definition) is 1. The van der Waals surface area contributed by atoms with Crippen molar-refractivity contribution in [1.29, 1.82) is 0 Å². The molecule has 2 aliphatic carbocycles. The van der Waals surface area contributed by atoms with E-state index in [-0.39, 0.29) is 20.2 Å². The highest BCUT2D eigenvalue weighted by molar-refractivity contribution is 5.42. The normalized spacial score (nSPS) is 21.8. The van der Waals surface area contributed by atoms with Gasteiger partial charge >= 0.3 is 0 Å². The molecular formula is C29H53FO. The molecule has 0 aromatic heterocycles. The fourth-order valence-corrected chi connectivity index (χ4v) is 3.86. The summed E-state index contributed by atoms with van der Waals surface area (Å²) in [6, 6.07) is 0. The minimum atomic E-state index is -0.305. The van der Waals surface area contributed by atoms with Crippen molar-refractivity contribution in [3.05, 3.63) is 49.3 Å². The van der Waals surface area contributed by atoms with E-state index in [1.807, 2.05) is 0 Å². The minimum Gasteiger partial charge on any atom is -0.393 e. The Labute approximate surface area is 195 Å². The highest BCUT2D eigenvalue weighted by Crippen LogP contribution is 2.38. The van der Waals surface area contributed by atoms with Crippen LogP contribution in [0, 0.1) is 31.6 Å². The zero-order valence-electron chi connectivity index (χ0n) is 21.9. The Kier molecular flexibility index (Phi) is 20.6. The van der Waals surface area contributed by atoms with Crippen LogP contribution in [0.25, 0.3) is 0 Å². The maximum Gasteiger partial charge on any atom is 0.0895 e. The molecule has 182 valence electrons. The van der Waals surface area contributed by atoms with Gasteiger partial charge in [-0.1, -0.05) is 91.2 Å². The molecule has 0 amide bonds. The highest BCUT2D eigenvalue weighted by atomic mass is 19.1. The second-order valence-electron chi connectivity index (χ2n) is 9.45. The third-order valence-corrected chi connectivity index (χ3v) is 6.11. The zero-order chi connectivity index (χ0) is 22.9. The molecule has 1 fully saturated rings. The molecule has 2 aliphatic rings. The lowest BCUT2D eigenvalue weighted by atomic mass is 9.86. The smallest absolute Gasteiger partial charge is 0.0895 e. The van der Waals surface area contributed by atoms with E-state index in [9.17, 15) is 9.50 Å². The van der Waals surface area contributed by atoms with Crippen LogP contribution in [0.2, 0.25) is 0 Å². The molecule has 1 nitrogen and oxygen atoms in total. The Balaban J connectivity index is 0. The third kappa shape index (κ3) is 15.5. The van der Waals surface area contributed by atoms with Crippen LogP contribution >= 0.6 is 0 Å². The predicted molar refractivity (Wildman–Crippen MR) is 139 cm³/mol. The lowest BCUT2D eigenvalue weighted by Crippen LogP contribution is -2.08. The van der Waals surface area contributed by atoms with Gasteiger partial charge in [-0.25, -0.2) is 0 Å². The molecule has 1 unspecified atom stereocenters. The molecule has 4 atom stereocenters. The third-order valence-electron chi connectivity index (χ3n) is 6.11. The van der Waals surface area contributed by atoms with Crippen molar-refractivity contribution in [3.8, 4) is 0 Å². The van der Waals surface area contributed by atoms with E-state index in [0.717, 1.165) is 37.5 Å². The first kappa shape index (κ1) is 32.3. The van der Waals surface area contributed by atoms with Gasteiger partial charge in [0, 0.05) is 0 Å². The fraction of sp³-hybridized carbons (Fsp3) is 0.724. The maximum absolute atomic E-state index is 11.7. The van der Waals surface area contributed by atoms with Crippen molar-refractivity contribution in [3.63, 3.8) is 0 Å². The number of hydrogen-bond acceptors (Lipinski definition) is 1. The summed E-state index contributed by atoms with van der Waals surface area (Å²) in [5.41, 5.74) is 4.15. The van der Waals surface area contributed by atoms with Gasteiger partial charge in [-0.15, -0.1) is 0 Å². The molecule has 2 radical (unpaired) electrons. The largest absolute Gasteiger partial charge is 0.393 e. The van der Waals surface area contributed by atoms with E-state index in [0.29, 0.717) is 18.8 Å². The molecule has 0 spiro atoms. The second kappa shape index (κ2) is 19.8. The van der Waals surface area contributed by atoms with Crippen molar-refractivity contribution in [1.82, 2.24) is 0 Å². The Morgan fingerprint density at radius 3 is 2.23 bits per heavy atom. The molecule has 0 aromatic rings. The van der Waals surface area contributed by atoms with Crippen molar-refractivity contribution in [2.75, 3.05) is 6.67 Å². The van der Waals surface area contributed by atoms with Crippen molar-refractivity contribution >= 4 is 0 Å². The molecule has 0 heterocycles. The average molecular weight is 437 g/mol. The van der Waals surface area contributed by atoms with E-state index in [1.165, 1.54) is 36.8 Å². The van der Waals surface area contributed by atoms with Gasteiger partial charge in [-0.3, -0.25) is 4.39 Å². The van der Waals surface area contributed by atoms with Gasteiger partial charge in [0.2, 0.25) is 0 Å². The number of aliphatic hydroxyl groups excluding tert-OH is 1. The minimum absolute atomic E-state index is 0. The van der Waals surface area contributed by atoms with E-state index < -0.39 is 0 Å². The van der Waals surface area contributed by atoms with Gasteiger partial charge in [0.05, 0.1) is 12.8 Å². The van der Waals surface area contributed by atoms with Crippen LogP contribution in [0.3, 0.4) is 0 Å². The van der Waals surface area contributed by atoms with Gasteiger partial charge in [-0.05, 0) is 81.6 Å². The summed E-state index contributed by atoms with van der Waals surface area (Å²) in [6.07, 6.45) is 17.4. The number of rotatable bonds is 9. The molecular weight excluding hydrogens is 383 g/mol. The predicted octanol–water partition coefficient (Wildman–Crippen LogP) is 9.25. The van der Waals surface area contributed by atoms with E-state index >= 15 is 0 Å². The Bertz CT molecular complexity index is 505. The van der Waals surface area contributed by atoms with Gasteiger partial charge in [0.15, 0.2) is 0 Å². The molecule has 0 aromatic carbocycles. The molecule has 2 heteroatoms. The Morgan fingerprint density at radius 2 is 1.81 bits per heavy atom. The molecule has 31 heavy (non-hydrogen) atoms. The van der Waals surface area contributed by atoms with Crippen LogP contribution in [-0.2, 0) is 0 Å². The number of halogens is 1. The lowest BCUT2D eigenvalue weighted by Gasteiger charge is -2.19. The summed E-state index contributed by atoms with van der Waals surface area (Å²) in [6.45, 7) is 16.7. The van der Waals surface area contributed by atoms with Crippen LogP contribution in [0.15, 0.2) is 35.5 Å². The first-order valence-corrected chi connectivity index (χ1v) is 12.4. The summed E-state index contributed by atoms with van der Waals surface area (Å²) >= 11 is 0. The van der Waals surface area contributed by atoms with E-state index in [4.69, 9.17) is 0 Å². The summed E-state index contributed by atoms with van der Waals surface area (Å²) in [4.78, 5) is 0. The molecule has 2 rings (SSSR count). The van der Waals surface area contributed by atoms with Crippen LogP contribution in [-0.4, -0.2) is 17.9 Å². The highest BCUT2D eigenvalue weighted by Gasteiger charge is 2.25. The standard InChI is InChI=1S/C15H21.C10H21FO.C3H8.CH3/c1-11(2)13-6-8-14(9-7-13)15-5-4-12(3)10-15;1-3-9(2)6-7-10(12)5-4-8-11;1-3-2;/h6-8,12,15H,1,4-5,9-10H2,2-3H3;9-10,12H,3-8H2,1-2H3;3H2,1-2H3;1H3/t12?,15-;9-,10-;;/m01../s1. The number of alkyl halides is 1. The van der Waals surface area contributed by atoms with Gasteiger partial charge in [0.25, 0.3) is 0 Å². The van der Waals surface area contributed by atoms with Crippen LogP contribution in [0.1, 0.15) is 106 Å². The van der Waals surface area contributed by atoms with Crippen molar-refractivity contribution in [2.45, 2.75) is 112 Å². The second-order valence-corrected chi connectivity index (χ2v) is 9.45. The summed E-state index contributed by atoms with van der Waals surface area (Å²) in [5, 5.41) is 9.36. The molecule has 0 aliphatic heterocycles. The van der Waals surface area contributed by atoms with Gasteiger partial charge in [-0.2, -0.15) is 0 Å². The summed E-state index contributed by atoms with van der Waals surface area (Å²) in [7, 11) is 0. The van der Waals surface area contributed by atoms with Crippen LogP contribution in [0.5, 0.6) is 0 Å². The lowest BCUT2D eigenvalue weighted by molar-refractivity contribution is 0.140. The van der Waals surface area contributed by atoms with Crippen LogP contribution < -0.4 is 0 Å². The molecule has 0 saturated heterocycles. The zero-order valence-corrected chi connectivity index (χ0v) is 21.9. The van der Waals surface area contributed by atoms with Crippen molar-refractivity contribution in [2.24, 2.45) is 17.8 Å². The monoisotopic (exact) mass is 436 g/mol. The Morgan fingerprint density at radius 1 is 1.16 bits per heavy atom. The quantitative estimate of drug-likeness (QED) is 0.382. The molecule has 1 N–H and O–H groups in total. The molecule has 1 saturated carbocycles. The van der Waals surface area contributed by atoms with E-state index in [1.54, 1.807) is 5.57 Å². The first-order chi connectivity index (χ1) is 14.3. The van der Waals surface area contributed by atoms with Crippen molar-refractivity contribution < 1.29 is 9.50 Å². The SMILES string of the molecule is C=C(C)C1=CC=C([C@H]2CCC(C)C2)C[CH]1.CCC.CC[C@@H](C)CC[C@H](O)CCCF.[CH3]. The topological polar surface area (TPSA) is 20.2 Å². The maximum atomic E-state index is 11.7. The fourth-order valence-electron chi connectivity index (χ4n) is 3.86. The Hall–Kier alpha value is -0.890. The summed E-state index contributed by atoms with van der Waals surface area (Å²) in [5.74, 6) is 2.48. The molecule has 0 bridgehead atoms. The van der Waals surface area contributed by atoms with E-state index in [2.05, 4.69) is 66.7 Å². The van der Waals surface area contributed by atoms with Gasteiger partial charge in [0.1, 0.15) is 0 Å². The first-order valence-electron chi connectivity index (χ1n) is 12.4. The van der Waals surface area contributed by atoms with Crippen LogP contribution in [0.4, 0.5) is 4.39 Å². The number of allylic oxidation sites excluding steroid dienone is 5. The summed E-state index contributed by atoms with van der Waals surface area (Å²) < 4.78 is 11.7. The number of aliphatic hydroxyl groups is 1. The van der Waals surface area contributed by atoms with Gasteiger partial charge < -0.3 is 5.11 Å².